The third kappa shape index (κ3) is 4.46. The van der Waals surface area contributed by atoms with Gasteiger partial charge in [-0.05, 0) is 50.3 Å². The summed E-state index contributed by atoms with van der Waals surface area (Å²) < 4.78 is 5.23. The summed E-state index contributed by atoms with van der Waals surface area (Å²) in [6.45, 7) is 5.93. The Balaban J connectivity index is 1.96. The molecule has 3 rings (SSSR count). The molecule has 0 saturated heterocycles. The number of carboxylic acids is 1. The van der Waals surface area contributed by atoms with Gasteiger partial charge in [-0.2, -0.15) is 0 Å². The van der Waals surface area contributed by atoms with E-state index < -0.39 is 29.7 Å². The van der Waals surface area contributed by atoms with Gasteiger partial charge in [0.05, 0.1) is 12.5 Å². The van der Waals surface area contributed by atoms with Crippen molar-refractivity contribution in [3.8, 4) is 11.1 Å². The molecule has 1 aliphatic carbocycles. The number of rotatable bonds is 6. The molecule has 0 fully saturated rings. The molecule has 0 radical (unpaired) electrons. The van der Waals surface area contributed by atoms with Gasteiger partial charge in [-0.15, -0.1) is 11.3 Å². The second-order valence-electron chi connectivity index (χ2n) is 7.34. The minimum atomic E-state index is -1.24. The number of aryl methyl sites for hydroxylation is 2. The van der Waals surface area contributed by atoms with Crippen LogP contribution in [-0.4, -0.2) is 24.5 Å². The van der Waals surface area contributed by atoms with E-state index in [1.807, 2.05) is 37.4 Å². The zero-order valence-electron chi connectivity index (χ0n) is 17.2. The number of carbonyl (C=O) groups is 3. The van der Waals surface area contributed by atoms with Crippen LogP contribution in [0.15, 0.2) is 35.7 Å². The molecule has 6 nitrogen and oxygen atoms in total. The number of hydrogen-bond acceptors (Lipinski definition) is 6. The van der Waals surface area contributed by atoms with E-state index in [2.05, 4.69) is 5.32 Å². The quantitative estimate of drug-likeness (QED) is 0.564. The zero-order chi connectivity index (χ0) is 21.8. The molecule has 1 heterocycles. The lowest BCUT2D eigenvalue weighted by molar-refractivity contribution is -0.313. The Hall–Kier alpha value is -2.93. The van der Waals surface area contributed by atoms with Gasteiger partial charge in [-0.1, -0.05) is 30.4 Å². The molecule has 1 amide bonds. The standard InChI is InChI=1S/C23H25NO5S/c1-4-29-23(28)19-18(15-10-9-13(2)14(3)11-15)12-30-21(19)24-20(25)16-7-5-6-8-17(16)22(26)27/h5-6,9-12,16-17H,4,7-8H2,1-3H3,(H,24,25)(H,26,27)/p-1. The average Bonchev–Trinajstić information content (AvgIpc) is 3.13. The van der Waals surface area contributed by atoms with Gasteiger partial charge in [0.2, 0.25) is 5.91 Å². The molecule has 2 atom stereocenters. The highest BCUT2D eigenvalue weighted by Crippen LogP contribution is 2.38. The smallest absolute Gasteiger partial charge is 0.341 e. The number of nitrogens with one attached hydrogen (secondary N) is 1. The van der Waals surface area contributed by atoms with E-state index in [0.717, 1.165) is 16.7 Å². The fourth-order valence-corrected chi connectivity index (χ4v) is 4.51. The van der Waals surface area contributed by atoms with Gasteiger partial charge in [0, 0.05) is 22.8 Å². The van der Waals surface area contributed by atoms with E-state index in [4.69, 9.17) is 4.74 Å². The predicted molar refractivity (Wildman–Crippen MR) is 114 cm³/mol. The van der Waals surface area contributed by atoms with Crippen molar-refractivity contribution in [3.05, 3.63) is 52.4 Å². The Morgan fingerprint density at radius 3 is 2.47 bits per heavy atom. The van der Waals surface area contributed by atoms with Gasteiger partial charge in [0.1, 0.15) is 10.6 Å². The van der Waals surface area contributed by atoms with Gasteiger partial charge in [0.25, 0.3) is 0 Å². The van der Waals surface area contributed by atoms with E-state index in [1.165, 1.54) is 11.3 Å². The lowest BCUT2D eigenvalue weighted by Crippen LogP contribution is -2.41. The molecule has 158 valence electrons. The maximum atomic E-state index is 12.9. The molecule has 1 N–H and O–H groups in total. The molecule has 0 aliphatic heterocycles. The molecule has 1 aliphatic rings. The summed E-state index contributed by atoms with van der Waals surface area (Å²) in [5.41, 5.74) is 4.04. The molecule has 0 saturated carbocycles. The van der Waals surface area contributed by atoms with Crippen LogP contribution >= 0.6 is 11.3 Å². The topological polar surface area (TPSA) is 95.5 Å². The summed E-state index contributed by atoms with van der Waals surface area (Å²) in [5.74, 6) is -3.84. The molecule has 1 aromatic carbocycles. The fraction of sp³-hybridized carbons (Fsp3) is 0.348. The van der Waals surface area contributed by atoms with E-state index in [0.29, 0.717) is 17.0 Å². The van der Waals surface area contributed by atoms with E-state index >= 15 is 0 Å². The van der Waals surface area contributed by atoms with E-state index in [-0.39, 0.29) is 18.6 Å². The largest absolute Gasteiger partial charge is 0.550 e. The first-order valence-corrected chi connectivity index (χ1v) is 10.7. The second-order valence-corrected chi connectivity index (χ2v) is 8.22. The predicted octanol–water partition coefficient (Wildman–Crippen LogP) is 3.48. The Morgan fingerprint density at radius 1 is 1.13 bits per heavy atom. The maximum Gasteiger partial charge on any atom is 0.341 e. The van der Waals surface area contributed by atoms with Crippen LogP contribution in [0.2, 0.25) is 0 Å². The van der Waals surface area contributed by atoms with Crippen LogP contribution in [-0.2, 0) is 14.3 Å². The van der Waals surface area contributed by atoms with Gasteiger partial charge in [0.15, 0.2) is 0 Å². The monoisotopic (exact) mass is 426 g/mol. The number of thiophene rings is 1. The van der Waals surface area contributed by atoms with Crippen molar-refractivity contribution < 1.29 is 24.2 Å². The minimum absolute atomic E-state index is 0.203. The SMILES string of the molecule is CCOC(=O)c1c(-c2ccc(C)c(C)c2)csc1NC(=O)C1CC=CCC1C(=O)[O-]. The summed E-state index contributed by atoms with van der Waals surface area (Å²) >= 11 is 1.22. The van der Waals surface area contributed by atoms with Crippen molar-refractivity contribution in [1.29, 1.82) is 0 Å². The number of ether oxygens (including phenoxy) is 1. The number of carboxylic acid groups (broad SMARTS) is 1. The average molecular weight is 427 g/mol. The van der Waals surface area contributed by atoms with Crippen molar-refractivity contribution >= 4 is 34.2 Å². The maximum absolute atomic E-state index is 12.9. The Bertz CT molecular complexity index is 1010. The highest BCUT2D eigenvalue weighted by molar-refractivity contribution is 7.15. The van der Waals surface area contributed by atoms with Gasteiger partial charge >= 0.3 is 5.97 Å². The number of hydrogen-bond donors (Lipinski definition) is 1. The Labute approximate surface area is 179 Å². The number of carbonyl (C=O) groups excluding carboxylic acids is 3. The number of benzene rings is 1. The summed E-state index contributed by atoms with van der Waals surface area (Å²) in [6, 6.07) is 5.90. The molecule has 1 aromatic heterocycles. The van der Waals surface area contributed by atoms with Crippen LogP contribution in [0.3, 0.4) is 0 Å². The number of anilines is 1. The highest BCUT2D eigenvalue weighted by atomic mass is 32.1. The number of aliphatic carboxylic acids is 1. The molecular formula is C23H24NO5S-. The van der Waals surface area contributed by atoms with E-state index in [9.17, 15) is 19.5 Å². The number of allylic oxidation sites excluding steroid dienone is 2. The fourth-order valence-electron chi connectivity index (χ4n) is 3.55. The highest BCUT2D eigenvalue weighted by Gasteiger charge is 2.31. The molecule has 2 unspecified atom stereocenters. The molecule has 0 bridgehead atoms. The van der Waals surface area contributed by atoms with Crippen LogP contribution in [0.1, 0.15) is 41.3 Å². The lowest BCUT2D eigenvalue weighted by Gasteiger charge is -2.28. The van der Waals surface area contributed by atoms with Gasteiger partial charge < -0.3 is 20.0 Å². The third-order valence-electron chi connectivity index (χ3n) is 5.40. The van der Waals surface area contributed by atoms with Crippen molar-refractivity contribution in [2.75, 3.05) is 11.9 Å². The van der Waals surface area contributed by atoms with Gasteiger partial charge in [-0.25, -0.2) is 4.79 Å². The third-order valence-corrected chi connectivity index (χ3v) is 6.29. The van der Waals surface area contributed by atoms with Crippen LogP contribution in [0.5, 0.6) is 0 Å². The number of esters is 1. The van der Waals surface area contributed by atoms with Gasteiger partial charge in [-0.3, -0.25) is 4.79 Å². The van der Waals surface area contributed by atoms with Crippen LogP contribution in [0, 0.1) is 25.7 Å². The normalized spacial score (nSPS) is 18.1. The summed E-state index contributed by atoms with van der Waals surface area (Å²) in [6.07, 6.45) is 4.11. The van der Waals surface area contributed by atoms with E-state index in [1.54, 1.807) is 19.1 Å². The van der Waals surface area contributed by atoms with Crippen molar-refractivity contribution in [2.45, 2.75) is 33.6 Å². The first kappa shape index (κ1) is 21.8. The Kier molecular flexibility index (Phi) is 6.72. The molecule has 30 heavy (non-hydrogen) atoms. The zero-order valence-corrected chi connectivity index (χ0v) is 18.0. The van der Waals surface area contributed by atoms with Crippen LogP contribution < -0.4 is 10.4 Å². The van der Waals surface area contributed by atoms with Crippen LogP contribution in [0.4, 0.5) is 5.00 Å². The second kappa shape index (κ2) is 9.26. The molecule has 7 heteroatoms. The Morgan fingerprint density at radius 2 is 1.83 bits per heavy atom. The summed E-state index contributed by atoms with van der Waals surface area (Å²) in [4.78, 5) is 37.0. The van der Waals surface area contributed by atoms with Crippen molar-refractivity contribution in [1.82, 2.24) is 0 Å². The van der Waals surface area contributed by atoms with Crippen molar-refractivity contribution in [3.63, 3.8) is 0 Å². The molecule has 0 spiro atoms. The first-order valence-electron chi connectivity index (χ1n) is 9.86. The summed E-state index contributed by atoms with van der Waals surface area (Å²) in [7, 11) is 0. The summed E-state index contributed by atoms with van der Waals surface area (Å²) in [5, 5.41) is 16.4. The molecular weight excluding hydrogens is 402 g/mol. The van der Waals surface area contributed by atoms with Crippen LogP contribution in [0.25, 0.3) is 11.1 Å². The first-order chi connectivity index (χ1) is 14.3. The lowest BCUT2D eigenvalue weighted by atomic mass is 9.82. The van der Waals surface area contributed by atoms with Crippen molar-refractivity contribution in [2.24, 2.45) is 11.8 Å². The number of amides is 1. The minimum Gasteiger partial charge on any atom is -0.550 e. The molecule has 2 aromatic rings.